The maximum atomic E-state index is 11.9. The summed E-state index contributed by atoms with van der Waals surface area (Å²) < 4.78 is 10.0. The van der Waals surface area contributed by atoms with Gasteiger partial charge < -0.3 is 20.5 Å². The fraction of sp³-hybridized carbons (Fsp3) is 0.429. The van der Waals surface area contributed by atoms with E-state index in [1.807, 2.05) is 20.8 Å². The zero-order valence-corrected chi connectivity index (χ0v) is 12.1. The number of hydrogen-bond donors (Lipinski definition) is 2. The molecule has 3 N–H and O–H groups in total. The van der Waals surface area contributed by atoms with Crippen molar-refractivity contribution < 1.29 is 19.1 Å². The van der Waals surface area contributed by atoms with Gasteiger partial charge in [0.25, 0.3) is 5.91 Å². The number of ether oxygens (including phenoxy) is 2. The Kier molecular flexibility index (Phi) is 4.96. The van der Waals surface area contributed by atoms with E-state index in [9.17, 15) is 9.59 Å². The minimum absolute atomic E-state index is 0.191. The van der Waals surface area contributed by atoms with Crippen molar-refractivity contribution in [3.63, 3.8) is 0 Å². The lowest BCUT2D eigenvalue weighted by Gasteiger charge is -2.20. The Morgan fingerprint density at radius 1 is 1.30 bits per heavy atom. The highest BCUT2D eigenvalue weighted by atomic mass is 16.5. The molecule has 1 aromatic rings. The van der Waals surface area contributed by atoms with E-state index in [1.54, 1.807) is 12.1 Å². The van der Waals surface area contributed by atoms with Crippen molar-refractivity contribution in [2.24, 2.45) is 0 Å². The molecule has 0 spiro atoms. The Morgan fingerprint density at radius 2 is 1.95 bits per heavy atom. The molecule has 0 radical (unpaired) electrons. The first kappa shape index (κ1) is 15.8. The lowest BCUT2D eigenvalue weighted by molar-refractivity contribution is -0.125. The SMILES string of the molecule is COc1c(N)cccc1C(=O)OCC(=O)NC(C)(C)C. The molecule has 6 nitrogen and oxygen atoms in total. The smallest absolute Gasteiger partial charge is 0.342 e. The Bertz CT molecular complexity index is 506. The predicted molar refractivity (Wildman–Crippen MR) is 75.6 cm³/mol. The normalized spacial score (nSPS) is 10.8. The Balaban J connectivity index is 2.69. The lowest BCUT2D eigenvalue weighted by atomic mass is 10.1. The molecule has 0 saturated heterocycles. The van der Waals surface area contributed by atoms with Gasteiger partial charge in [0.2, 0.25) is 0 Å². The first-order chi connectivity index (χ1) is 9.24. The van der Waals surface area contributed by atoms with Gasteiger partial charge in [-0.3, -0.25) is 4.79 Å². The topological polar surface area (TPSA) is 90.7 Å². The van der Waals surface area contributed by atoms with Crippen LogP contribution >= 0.6 is 0 Å². The molecule has 0 aromatic heterocycles. The standard InChI is InChI=1S/C14H20N2O4/c1-14(2,3)16-11(17)8-20-13(18)9-6-5-7-10(15)12(9)19-4/h5-7H,8,15H2,1-4H3,(H,16,17). The lowest BCUT2D eigenvalue weighted by Crippen LogP contribution is -2.42. The van der Waals surface area contributed by atoms with Crippen LogP contribution in [0.25, 0.3) is 0 Å². The minimum Gasteiger partial charge on any atom is -0.494 e. The summed E-state index contributed by atoms with van der Waals surface area (Å²) in [5.41, 5.74) is 5.85. The van der Waals surface area contributed by atoms with Crippen molar-refractivity contribution in [1.29, 1.82) is 0 Å². The number of carbonyl (C=O) groups is 2. The van der Waals surface area contributed by atoms with E-state index in [0.717, 1.165) is 0 Å². The molecule has 20 heavy (non-hydrogen) atoms. The van der Waals surface area contributed by atoms with E-state index in [-0.39, 0.29) is 29.4 Å². The van der Waals surface area contributed by atoms with Gasteiger partial charge in [0.05, 0.1) is 12.8 Å². The van der Waals surface area contributed by atoms with E-state index < -0.39 is 5.97 Å². The van der Waals surface area contributed by atoms with Crippen molar-refractivity contribution in [2.45, 2.75) is 26.3 Å². The van der Waals surface area contributed by atoms with Crippen LogP contribution in [0.1, 0.15) is 31.1 Å². The maximum absolute atomic E-state index is 11.9. The molecule has 0 bridgehead atoms. The van der Waals surface area contributed by atoms with Gasteiger partial charge in [0.15, 0.2) is 12.4 Å². The number of para-hydroxylation sites is 1. The van der Waals surface area contributed by atoms with E-state index in [1.165, 1.54) is 13.2 Å². The largest absolute Gasteiger partial charge is 0.494 e. The number of nitrogens with two attached hydrogens (primary N) is 1. The summed E-state index contributed by atoms with van der Waals surface area (Å²) in [6, 6.07) is 4.75. The number of carbonyl (C=O) groups excluding carboxylic acids is 2. The number of nitrogens with one attached hydrogen (secondary N) is 1. The van der Waals surface area contributed by atoms with Crippen LogP contribution < -0.4 is 15.8 Å². The molecular weight excluding hydrogens is 260 g/mol. The number of methoxy groups -OCH3 is 1. The molecular formula is C14H20N2O4. The Hall–Kier alpha value is -2.24. The van der Waals surface area contributed by atoms with Gasteiger partial charge in [-0.2, -0.15) is 0 Å². The van der Waals surface area contributed by atoms with Crippen LogP contribution in [-0.4, -0.2) is 31.1 Å². The van der Waals surface area contributed by atoms with Crippen LogP contribution in [0.2, 0.25) is 0 Å². The van der Waals surface area contributed by atoms with E-state index in [2.05, 4.69) is 5.32 Å². The number of hydrogen-bond acceptors (Lipinski definition) is 5. The zero-order chi connectivity index (χ0) is 15.3. The minimum atomic E-state index is -0.654. The second-order valence-electron chi connectivity index (χ2n) is 5.30. The molecule has 1 rings (SSSR count). The van der Waals surface area contributed by atoms with Gasteiger partial charge in [-0.05, 0) is 32.9 Å². The van der Waals surface area contributed by atoms with Crippen LogP contribution in [0.15, 0.2) is 18.2 Å². The van der Waals surface area contributed by atoms with Gasteiger partial charge >= 0.3 is 5.97 Å². The highest BCUT2D eigenvalue weighted by Gasteiger charge is 2.19. The molecule has 0 saturated carbocycles. The van der Waals surface area contributed by atoms with E-state index >= 15 is 0 Å². The van der Waals surface area contributed by atoms with Gasteiger partial charge in [0.1, 0.15) is 5.56 Å². The van der Waals surface area contributed by atoms with Crippen molar-refractivity contribution in [3.8, 4) is 5.75 Å². The third-order valence-corrected chi connectivity index (χ3v) is 2.32. The average molecular weight is 280 g/mol. The first-order valence-corrected chi connectivity index (χ1v) is 6.15. The number of benzene rings is 1. The van der Waals surface area contributed by atoms with Gasteiger partial charge in [-0.1, -0.05) is 6.07 Å². The monoisotopic (exact) mass is 280 g/mol. The summed E-state index contributed by atoms with van der Waals surface area (Å²) in [5.74, 6) is -0.777. The molecule has 0 atom stereocenters. The van der Waals surface area contributed by atoms with Crippen molar-refractivity contribution in [3.05, 3.63) is 23.8 Å². The molecule has 0 unspecified atom stereocenters. The predicted octanol–water partition coefficient (Wildman–Crippen LogP) is 1.35. The Labute approximate surface area is 118 Å². The number of esters is 1. The molecule has 1 amide bonds. The molecule has 6 heteroatoms. The molecule has 0 heterocycles. The van der Waals surface area contributed by atoms with Gasteiger partial charge in [-0.15, -0.1) is 0 Å². The van der Waals surface area contributed by atoms with Crippen molar-refractivity contribution in [2.75, 3.05) is 19.5 Å². The summed E-state index contributed by atoms with van der Waals surface area (Å²) in [6.45, 7) is 5.17. The van der Waals surface area contributed by atoms with Crippen LogP contribution in [0.3, 0.4) is 0 Å². The van der Waals surface area contributed by atoms with Crippen LogP contribution in [0.4, 0.5) is 5.69 Å². The molecule has 1 aromatic carbocycles. The third kappa shape index (κ3) is 4.46. The summed E-state index contributed by atoms with van der Waals surface area (Å²) in [5, 5.41) is 2.69. The second-order valence-corrected chi connectivity index (χ2v) is 5.30. The highest BCUT2D eigenvalue weighted by Crippen LogP contribution is 2.26. The number of amides is 1. The fourth-order valence-corrected chi connectivity index (χ4v) is 1.61. The first-order valence-electron chi connectivity index (χ1n) is 6.15. The van der Waals surface area contributed by atoms with E-state index in [0.29, 0.717) is 5.69 Å². The maximum Gasteiger partial charge on any atom is 0.342 e. The molecule has 0 fully saturated rings. The van der Waals surface area contributed by atoms with Gasteiger partial charge in [-0.25, -0.2) is 4.79 Å². The van der Waals surface area contributed by atoms with Crippen LogP contribution in [-0.2, 0) is 9.53 Å². The zero-order valence-electron chi connectivity index (χ0n) is 12.1. The molecule has 0 aliphatic carbocycles. The quantitative estimate of drug-likeness (QED) is 0.641. The highest BCUT2D eigenvalue weighted by molar-refractivity contribution is 5.95. The van der Waals surface area contributed by atoms with Gasteiger partial charge in [0, 0.05) is 5.54 Å². The summed E-state index contributed by atoms with van der Waals surface area (Å²) in [7, 11) is 1.41. The Morgan fingerprint density at radius 3 is 2.50 bits per heavy atom. The molecule has 110 valence electrons. The fourth-order valence-electron chi connectivity index (χ4n) is 1.61. The summed E-state index contributed by atoms with van der Waals surface area (Å²) >= 11 is 0. The van der Waals surface area contributed by atoms with Crippen molar-refractivity contribution >= 4 is 17.6 Å². The summed E-state index contributed by atoms with van der Waals surface area (Å²) in [4.78, 5) is 23.5. The van der Waals surface area contributed by atoms with E-state index in [4.69, 9.17) is 15.2 Å². The number of rotatable bonds is 4. The third-order valence-electron chi connectivity index (χ3n) is 2.32. The molecule has 0 aliphatic heterocycles. The number of nitrogen functional groups attached to an aromatic ring is 1. The molecule has 0 aliphatic rings. The van der Waals surface area contributed by atoms with Crippen LogP contribution in [0.5, 0.6) is 5.75 Å². The average Bonchev–Trinajstić information content (AvgIpc) is 2.33. The van der Waals surface area contributed by atoms with Crippen LogP contribution in [0, 0.1) is 0 Å². The number of anilines is 1. The van der Waals surface area contributed by atoms with Crippen molar-refractivity contribution in [1.82, 2.24) is 5.32 Å². The summed E-state index contributed by atoms with van der Waals surface area (Å²) in [6.07, 6.45) is 0. The second kappa shape index (κ2) is 6.27.